The summed E-state index contributed by atoms with van der Waals surface area (Å²) < 4.78 is 6.03. The minimum absolute atomic E-state index is 0.000913. The van der Waals surface area contributed by atoms with Crippen LogP contribution in [0.15, 0.2) is 67.0 Å². The number of aromatic nitrogens is 2. The summed E-state index contributed by atoms with van der Waals surface area (Å²) in [4.78, 5) is 25.7. The number of hydrogen-bond acceptors (Lipinski definition) is 5. The fourth-order valence-corrected chi connectivity index (χ4v) is 3.43. The predicted octanol–water partition coefficient (Wildman–Crippen LogP) is 3.33. The van der Waals surface area contributed by atoms with Gasteiger partial charge < -0.3 is 14.5 Å². The number of benzene rings is 2. The van der Waals surface area contributed by atoms with E-state index in [2.05, 4.69) is 27.9 Å². The third-order valence-corrected chi connectivity index (χ3v) is 5.16. The molecule has 0 aliphatic carbocycles. The summed E-state index contributed by atoms with van der Waals surface area (Å²) in [6.45, 7) is 5.18. The van der Waals surface area contributed by atoms with Gasteiger partial charge in [-0.2, -0.15) is 0 Å². The van der Waals surface area contributed by atoms with Crippen LogP contribution in [-0.4, -0.2) is 47.0 Å². The molecule has 1 aliphatic rings. The van der Waals surface area contributed by atoms with E-state index in [1.165, 1.54) is 5.56 Å². The lowest BCUT2D eigenvalue weighted by atomic mass is 10.1. The third kappa shape index (κ3) is 4.37. The molecule has 0 atom stereocenters. The van der Waals surface area contributed by atoms with Gasteiger partial charge in [-0.05, 0) is 36.2 Å². The van der Waals surface area contributed by atoms with E-state index in [0.29, 0.717) is 50.0 Å². The first-order valence-corrected chi connectivity index (χ1v) is 9.80. The average Bonchev–Trinajstić information content (AvgIpc) is 2.79. The van der Waals surface area contributed by atoms with Crippen LogP contribution in [0.25, 0.3) is 0 Å². The molecule has 29 heavy (non-hydrogen) atoms. The summed E-state index contributed by atoms with van der Waals surface area (Å²) in [7, 11) is 0. The molecule has 2 aromatic carbocycles. The molecule has 6 heteroatoms. The highest BCUT2D eigenvalue weighted by molar-refractivity contribution is 5.97. The minimum atomic E-state index is -0.000913. The number of ether oxygens (including phenoxy) is 1. The van der Waals surface area contributed by atoms with Crippen LogP contribution in [0.2, 0.25) is 0 Å². The van der Waals surface area contributed by atoms with Crippen molar-refractivity contribution in [3.8, 4) is 5.75 Å². The normalized spacial score (nSPS) is 14.0. The molecule has 1 aliphatic heterocycles. The Bertz CT molecular complexity index is 969. The van der Waals surface area contributed by atoms with E-state index < -0.39 is 0 Å². The fourth-order valence-electron chi connectivity index (χ4n) is 3.43. The highest BCUT2D eigenvalue weighted by Crippen LogP contribution is 2.23. The summed E-state index contributed by atoms with van der Waals surface area (Å²) in [6.07, 6.45) is 3.48. The van der Waals surface area contributed by atoms with Gasteiger partial charge in [0.2, 0.25) is 5.95 Å². The Morgan fingerprint density at radius 2 is 1.62 bits per heavy atom. The minimum Gasteiger partial charge on any atom is -0.488 e. The van der Waals surface area contributed by atoms with Crippen LogP contribution < -0.4 is 9.64 Å². The van der Waals surface area contributed by atoms with Gasteiger partial charge in [0.05, 0.1) is 5.56 Å². The number of para-hydroxylation sites is 1. The third-order valence-electron chi connectivity index (χ3n) is 5.16. The first kappa shape index (κ1) is 18.9. The van der Waals surface area contributed by atoms with Crippen molar-refractivity contribution in [2.24, 2.45) is 0 Å². The Morgan fingerprint density at radius 3 is 2.38 bits per heavy atom. The van der Waals surface area contributed by atoms with Crippen molar-refractivity contribution in [2.45, 2.75) is 13.5 Å². The van der Waals surface area contributed by atoms with Crippen molar-refractivity contribution < 1.29 is 9.53 Å². The second-order valence-corrected chi connectivity index (χ2v) is 7.04. The molecule has 6 nitrogen and oxygen atoms in total. The van der Waals surface area contributed by atoms with Crippen LogP contribution in [0.1, 0.15) is 21.5 Å². The highest BCUT2D eigenvalue weighted by atomic mass is 16.5. The predicted molar refractivity (Wildman–Crippen MR) is 112 cm³/mol. The van der Waals surface area contributed by atoms with Crippen molar-refractivity contribution >= 4 is 11.9 Å². The molecule has 1 aromatic heterocycles. The maximum absolute atomic E-state index is 13.1. The molecule has 1 amide bonds. The van der Waals surface area contributed by atoms with E-state index in [4.69, 9.17) is 4.74 Å². The average molecular weight is 388 g/mol. The Kier molecular flexibility index (Phi) is 5.70. The van der Waals surface area contributed by atoms with Gasteiger partial charge in [-0.15, -0.1) is 0 Å². The summed E-state index contributed by atoms with van der Waals surface area (Å²) in [5.41, 5.74) is 2.90. The van der Waals surface area contributed by atoms with E-state index >= 15 is 0 Å². The smallest absolute Gasteiger partial charge is 0.257 e. The van der Waals surface area contributed by atoms with Crippen LogP contribution in [-0.2, 0) is 6.61 Å². The molecule has 0 spiro atoms. The summed E-state index contributed by atoms with van der Waals surface area (Å²) >= 11 is 0. The zero-order valence-corrected chi connectivity index (χ0v) is 16.5. The Morgan fingerprint density at radius 1 is 0.931 bits per heavy atom. The molecule has 2 heterocycles. The topological polar surface area (TPSA) is 58.6 Å². The first-order valence-electron chi connectivity index (χ1n) is 9.80. The maximum Gasteiger partial charge on any atom is 0.257 e. The van der Waals surface area contributed by atoms with Gasteiger partial charge in [-0.3, -0.25) is 4.79 Å². The molecule has 0 saturated carbocycles. The molecule has 1 saturated heterocycles. The molecule has 1 fully saturated rings. The van der Waals surface area contributed by atoms with Crippen LogP contribution in [0.5, 0.6) is 5.75 Å². The van der Waals surface area contributed by atoms with Crippen molar-refractivity contribution in [1.29, 1.82) is 0 Å². The van der Waals surface area contributed by atoms with Gasteiger partial charge in [-0.25, -0.2) is 9.97 Å². The Balaban J connectivity index is 1.42. The lowest BCUT2D eigenvalue weighted by Crippen LogP contribution is -2.49. The molecule has 0 radical (unpaired) electrons. The lowest BCUT2D eigenvalue weighted by molar-refractivity contribution is 0.0741. The van der Waals surface area contributed by atoms with Crippen LogP contribution in [0, 0.1) is 6.92 Å². The number of piperazine rings is 1. The number of rotatable bonds is 5. The van der Waals surface area contributed by atoms with E-state index in [9.17, 15) is 4.79 Å². The van der Waals surface area contributed by atoms with Gasteiger partial charge >= 0.3 is 0 Å². The summed E-state index contributed by atoms with van der Waals surface area (Å²) in [5, 5.41) is 0. The lowest BCUT2D eigenvalue weighted by Gasteiger charge is -2.34. The molecular formula is C23H24N4O2. The van der Waals surface area contributed by atoms with Crippen molar-refractivity contribution in [1.82, 2.24) is 14.9 Å². The van der Waals surface area contributed by atoms with Crippen molar-refractivity contribution in [3.63, 3.8) is 0 Å². The van der Waals surface area contributed by atoms with Crippen LogP contribution >= 0.6 is 0 Å². The number of nitrogens with zero attached hydrogens (tertiary/aromatic N) is 4. The zero-order valence-electron chi connectivity index (χ0n) is 16.5. The largest absolute Gasteiger partial charge is 0.488 e. The standard InChI is InChI=1S/C23H24N4O2/c1-18-7-2-3-8-19(18)17-29-21-10-5-4-9-20(21)22(28)26-13-15-27(16-14-26)23-24-11-6-12-25-23/h2-12H,13-17H2,1H3. The van der Waals surface area contributed by atoms with Gasteiger partial charge in [0.15, 0.2) is 0 Å². The second-order valence-electron chi connectivity index (χ2n) is 7.04. The van der Waals surface area contributed by atoms with Crippen LogP contribution in [0.4, 0.5) is 5.95 Å². The van der Waals surface area contributed by atoms with E-state index in [1.807, 2.05) is 47.4 Å². The Labute approximate surface area is 170 Å². The second kappa shape index (κ2) is 8.73. The zero-order chi connectivity index (χ0) is 20.1. The number of carbonyl (C=O) groups is 1. The van der Waals surface area contributed by atoms with E-state index in [0.717, 1.165) is 5.56 Å². The van der Waals surface area contributed by atoms with Gasteiger partial charge in [0, 0.05) is 38.6 Å². The van der Waals surface area contributed by atoms with E-state index in [-0.39, 0.29) is 5.91 Å². The number of anilines is 1. The number of amides is 1. The van der Waals surface area contributed by atoms with Gasteiger partial charge in [0.1, 0.15) is 12.4 Å². The monoisotopic (exact) mass is 388 g/mol. The Hall–Kier alpha value is -3.41. The molecule has 0 bridgehead atoms. The number of hydrogen-bond donors (Lipinski definition) is 0. The van der Waals surface area contributed by atoms with Crippen molar-refractivity contribution in [2.75, 3.05) is 31.1 Å². The quantitative estimate of drug-likeness (QED) is 0.671. The first-order chi connectivity index (χ1) is 14.2. The SMILES string of the molecule is Cc1ccccc1COc1ccccc1C(=O)N1CCN(c2ncccn2)CC1. The van der Waals surface area contributed by atoms with Crippen molar-refractivity contribution in [3.05, 3.63) is 83.7 Å². The molecule has 148 valence electrons. The maximum atomic E-state index is 13.1. The summed E-state index contributed by atoms with van der Waals surface area (Å²) in [5.74, 6) is 1.33. The molecule has 0 N–H and O–H groups in total. The fraction of sp³-hybridized carbons (Fsp3) is 0.261. The number of carbonyl (C=O) groups excluding carboxylic acids is 1. The van der Waals surface area contributed by atoms with Gasteiger partial charge in [0.25, 0.3) is 5.91 Å². The number of aryl methyl sites for hydroxylation is 1. The molecule has 0 unspecified atom stereocenters. The summed E-state index contributed by atoms with van der Waals surface area (Å²) in [6, 6.07) is 17.4. The molecule has 3 aromatic rings. The molecular weight excluding hydrogens is 364 g/mol. The molecule has 4 rings (SSSR count). The highest BCUT2D eigenvalue weighted by Gasteiger charge is 2.25. The van der Waals surface area contributed by atoms with Crippen LogP contribution in [0.3, 0.4) is 0 Å². The van der Waals surface area contributed by atoms with E-state index in [1.54, 1.807) is 18.5 Å². The van der Waals surface area contributed by atoms with Gasteiger partial charge in [-0.1, -0.05) is 36.4 Å².